The Morgan fingerprint density at radius 1 is 1.28 bits per heavy atom. The van der Waals surface area contributed by atoms with Crippen LogP contribution in [0, 0.1) is 6.92 Å². The predicted molar refractivity (Wildman–Crippen MR) is 108 cm³/mol. The SMILES string of the molecule is COc1cncc(-c2cc(C)c3c(O)n(-c4ccn(C5CCOC5)n4)cc3n2)c1. The molecule has 148 valence electrons. The maximum absolute atomic E-state index is 10.9. The van der Waals surface area contributed by atoms with Gasteiger partial charge in [0.25, 0.3) is 0 Å². The van der Waals surface area contributed by atoms with Crippen LogP contribution in [0.1, 0.15) is 18.0 Å². The molecule has 1 N–H and O–H groups in total. The van der Waals surface area contributed by atoms with Crippen molar-refractivity contribution in [3.8, 4) is 28.7 Å². The Morgan fingerprint density at radius 2 is 2.17 bits per heavy atom. The number of hydrogen-bond donors (Lipinski definition) is 1. The molecule has 0 radical (unpaired) electrons. The number of aromatic nitrogens is 5. The number of methoxy groups -OCH3 is 1. The Balaban J connectivity index is 1.58. The van der Waals surface area contributed by atoms with E-state index in [-0.39, 0.29) is 11.9 Å². The van der Waals surface area contributed by atoms with Crippen molar-refractivity contribution in [3.05, 3.63) is 48.5 Å². The number of rotatable bonds is 4. The Morgan fingerprint density at radius 3 is 2.97 bits per heavy atom. The largest absolute Gasteiger partial charge is 0.495 e. The number of aromatic hydroxyl groups is 1. The molecule has 1 fully saturated rings. The van der Waals surface area contributed by atoms with E-state index < -0.39 is 0 Å². The molecule has 0 aromatic carbocycles. The number of hydrogen-bond acceptors (Lipinski definition) is 6. The zero-order chi connectivity index (χ0) is 20.0. The summed E-state index contributed by atoms with van der Waals surface area (Å²) in [5.74, 6) is 1.45. The minimum Gasteiger partial charge on any atom is -0.495 e. The van der Waals surface area contributed by atoms with Gasteiger partial charge in [0.05, 0.1) is 42.6 Å². The minimum absolute atomic E-state index is 0.133. The quantitative estimate of drug-likeness (QED) is 0.575. The third-order valence-corrected chi connectivity index (χ3v) is 5.31. The van der Waals surface area contributed by atoms with Crippen molar-refractivity contribution in [2.24, 2.45) is 0 Å². The summed E-state index contributed by atoms with van der Waals surface area (Å²) in [4.78, 5) is 8.95. The van der Waals surface area contributed by atoms with Crippen molar-refractivity contribution in [1.29, 1.82) is 0 Å². The summed E-state index contributed by atoms with van der Waals surface area (Å²) in [5, 5.41) is 16.2. The lowest BCUT2D eigenvalue weighted by Crippen LogP contribution is -2.09. The first-order valence-electron chi connectivity index (χ1n) is 9.48. The Bertz CT molecular complexity index is 1190. The van der Waals surface area contributed by atoms with Crippen LogP contribution in [0.15, 0.2) is 43.0 Å². The molecule has 4 aromatic heterocycles. The van der Waals surface area contributed by atoms with Crippen molar-refractivity contribution in [1.82, 2.24) is 24.3 Å². The first kappa shape index (κ1) is 17.7. The van der Waals surface area contributed by atoms with Gasteiger partial charge in [-0.15, -0.1) is 0 Å². The first-order valence-corrected chi connectivity index (χ1v) is 9.48. The smallest absolute Gasteiger partial charge is 0.206 e. The van der Waals surface area contributed by atoms with E-state index in [4.69, 9.17) is 14.5 Å². The van der Waals surface area contributed by atoms with Crippen LogP contribution >= 0.6 is 0 Å². The summed E-state index contributed by atoms with van der Waals surface area (Å²) in [6, 6.07) is 5.96. The van der Waals surface area contributed by atoms with Crippen LogP contribution in [0.3, 0.4) is 0 Å². The van der Waals surface area contributed by atoms with Gasteiger partial charge in [-0.1, -0.05) is 0 Å². The second kappa shape index (κ2) is 6.89. The van der Waals surface area contributed by atoms with Crippen molar-refractivity contribution < 1.29 is 14.6 Å². The lowest BCUT2D eigenvalue weighted by molar-refractivity contribution is 0.184. The number of nitrogens with zero attached hydrogens (tertiary/aromatic N) is 5. The monoisotopic (exact) mass is 391 g/mol. The summed E-state index contributed by atoms with van der Waals surface area (Å²) in [5.41, 5.74) is 3.24. The third-order valence-electron chi connectivity index (χ3n) is 5.31. The molecule has 8 heteroatoms. The maximum Gasteiger partial charge on any atom is 0.206 e. The molecule has 0 aliphatic carbocycles. The molecule has 0 saturated carbocycles. The van der Waals surface area contributed by atoms with Crippen molar-refractivity contribution in [2.75, 3.05) is 20.3 Å². The second-order valence-electron chi connectivity index (χ2n) is 7.19. The highest BCUT2D eigenvalue weighted by Gasteiger charge is 2.20. The maximum atomic E-state index is 10.9. The van der Waals surface area contributed by atoms with E-state index in [9.17, 15) is 5.11 Å². The molecule has 1 saturated heterocycles. The molecule has 0 amide bonds. The van der Waals surface area contributed by atoms with Crippen molar-refractivity contribution >= 4 is 10.9 Å². The fraction of sp³-hybridized carbons (Fsp3) is 0.286. The van der Waals surface area contributed by atoms with Crippen LogP contribution in [0.4, 0.5) is 0 Å². The molecule has 0 bridgehead atoms. The molecule has 1 unspecified atom stereocenters. The molecule has 5 heterocycles. The number of pyridine rings is 2. The van der Waals surface area contributed by atoms with Crippen LogP contribution in [-0.2, 0) is 4.74 Å². The molecule has 0 spiro atoms. The van der Waals surface area contributed by atoms with Gasteiger partial charge in [-0.2, -0.15) is 5.10 Å². The van der Waals surface area contributed by atoms with Gasteiger partial charge in [0, 0.05) is 36.8 Å². The molecular formula is C21H21N5O3. The van der Waals surface area contributed by atoms with Crippen LogP contribution in [0.5, 0.6) is 11.6 Å². The summed E-state index contributed by atoms with van der Waals surface area (Å²) in [6.07, 6.45) is 8.08. The van der Waals surface area contributed by atoms with E-state index in [1.807, 2.05) is 42.2 Å². The molecule has 1 aliphatic rings. The highest BCUT2D eigenvalue weighted by atomic mass is 16.5. The van der Waals surface area contributed by atoms with Gasteiger partial charge in [0.2, 0.25) is 5.88 Å². The minimum atomic E-state index is 0.133. The van der Waals surface area contributed by atoms with Gasteiger partial charge >= 0.3 is 0 Å². The molecule has 1 atom stereocenters. The molecule has 1 aliphatic heterocycles. The number of aryl methyl sites for hydroxylation is 1. The third kappa shape index (κ3) is 3.01. The average molecular weight is 391 g/mol. The van der Waals surface area contributed by atoms with E-state index in [2.05, 4.69) is 10.1 Å². The van der Waals surface area contributed by atoms with Gasteiger partial charge in [-0.3, -0.25) is 14.2 Å². The number of fused-ring (bicyclic) bond motifs is 1. The topological polar surface area (TPSA) is 87.2 Å². The van der Waals surface area contributed by atoms with Crippen LogP contribution < -0.4 is 4.74 Å². The summed E-state index contributed by atoms with van der Waals surface area (Å²) < 4.78 is 14.3. The van der Waals surface area contributed by atoms with Crippen LogP contribution in [-0.4, -0.2) is 49.7 Å². The molecular weight excluding hydrogens is 370 g/mol. The number of ether oxygens (including phenoxy) is 2. The highest BCUT2D eigenvalue weighted by molar-refractivity contribution is 5.90. The lowest BCUT2D eigenvalue weighted by Gasteiger charge is -2.07. The Labute approximate surface area is 167 Å². The highest BCUT2D eigenvalue weighted by Crippen LogP contribution is 2.34. The second-order valence-corrected chi connectivity index (χ2v) is 7.19. The molecule has 5 rings (SSSR count). The van der Waals surface area contributed by atoms with Crippen molar-refractivity contribution in [2.45, 2.75) is 19.4 Å². The fourth-order valence-corrected chi connectivity index (χ4v) is 3.77. The van der Waals surface area contributed by atoms with Gasteiger partial charge in [-0.05, 0) is 31.0 Å². The summed E-state index contributed by atoms with van der Waals surface area (Å²) in [6.45, 7) is 3.38. The fourth-order valence-electron chi connectivity index (χ4n) is 3.77. The van der Waals surface area contributed by atoms with Gasteiger partial charge in [-0.25, -0.2) is 4.98 Å². The van der Waals surface area contributed by atoms with Gasteiger partial charge < -0.3 is 14.6 Å². The summed E-state index contributed by atoms with van der Waals surface area (Å²) in [7, 11) is 1.61. The summed E-state index contributed by atoms with van der Waals surface area (Å²) >= 11 is 0. The first-order chi connectivity index (χ1) is 14.1. The standard InChI is InChI=1S/C21H21N5O3/c1-13-7-17(14-8-16(28-2)10-22-9-14)23-18-11-25(21(27)20(13)18)19-3-5-26(24-19)15-4-6-29-12-15/h3,5,7-11,15,27H,4,6,12H2,1-2H3. The molecule has 8 nitrogen and oxygen atoms in total. The van der Waals surface area contributed by atoms with E-state index in [1.54, 1.807) is 24.1 Å². The van der Waals surface area contributed by atoms with Crippen molar-refractivity contribution in [3.63, 3.8) is 0 Å². The van der Waals surface area contributed by atoms with E-state index >= 15 is 0 Å². The van der Waals surface area contributed by atoms with E-state index in [1.165, 1.54) is 0 Å². The molecule has 29 heavy (non-hydrogen) atoms. The average Bonchev–Trinajstić information content (AvgIpc) is 3.47. The van der Waals surface area contributed by atoms with E-state index in [0.29, 0.717) is 29.1 Å². The molecule has 4 aromatic rings. The van der Waals surface area contributed by atoms with E-state index in [0.717, 1.165) is 29.8 Å². The zero-order valence-corrected chi connectivity index (χ0v) is 16.2. The normalized spacial score (nSPS) is 16.6. The Kier molecular flexibility index (Phi) is 4.21. The Hall–Kier alpha value is -3.39. The predicted octanol–water partition coefficient (Wildman–Crippen LogP) is 3.27. The van der Waals surface area contributed by atoms with Gasteiger partial charge in [0.1, 0.15) is 5.75 Å². The van der Waals surface area contributed by atoms with Gasteiger partial charge in [0.15, 0.2) is 5.82 Å². The zero-order valence-electron chi connectivity index (χ0n) is 16.2. The van der Waals surface area contributed by atoms with Crippen LogP contribution in [0.25, 0.3) is 28.0 Å². The van der Waals surface area contributed by atoms with Crippen LogP contribution in [0.2, 0.25) is 0 Å². The lowest BCUT2D eigenvalue weighted by atomic mass is 10.1.